The van der Waals surface area contributed by atoms with Crippen LogP contribution in [0.25, 0.3) is 11.0 Å². The quantitative estimate of drug-likeness (QED) is 0.179. The molecule has 2 aromatic carbocycles. The van der Waals surface area contributed by atoms with Crippen molar-refractivity contribution in [3.8, 4) is 23.1 Å². The first kappa shape index (κ1) is 27.7. The Bertz CT molecular complexity index is 1680. The molecule has 2 atom stereocenters. The SMILES string of the molecule is COc1cc2nccc(Oc3ccc(NC(=O)C4C(=O)N(c5ccc(F)cc5)C=NC4(C)Cl)cc3F)c2nc1OC. The van der Waals surface area contributed by atoms with Gasteiger partial charge in [-0.15, -0.1) is 0 Å². The molecular weight excluding hydrogens is 560 g/mol. The molecule has 2 unspecified atom stereocenters. The lowest BCUT2D eigenvalue weighted by Gasteiger charge is -2.34. The number of amides is 2. The third-order valence-corrected chi connectivity index (χ3v) is 6.56. The number of pyridine rings is 2. The fourth-order valence-electron chi connectivity index (χ4n) is 4.19. The summed E-state index contributed by atoms with van der Waals surface area (Å²) in [7, 11) is 2.90. The Labute approximate surface area is 237 Å². The summed E-state index contributed by atoms with van der Waals surface area (Å²) in [6.45, 7) is 1.41. The van der Waals surface area contributed by atoms with Crippen molar-refractivity contribution >= 4 is 52.2 Å². The molecule has 1 aliphatic rings. The van der Waals surface area contributed by atoms with E-state index in [1.807, 2.05) is 0 Å². The predicted octanol–water partition coefficient (Wildman–Crippen LogP) is 5.30. The van der Waals surface area contributed by atoms with E-state index in [2.05, 4.69) is 20.3 Å². The summed E-state index contributed by atoms with van der Waals surface area (Å²) in [6.07, 6.45) is 2.65. The highest BCUT2D eigenvalue weighted by Crippen LogP contribution is 2.36. The largest absolute Gasteiger partial charge is 0.491 e. The van der Waals surface area contributed by atoms with Crippen molar-refractivity contribution in [2.45, 2.75) is 11.9 Å². The average molecular weight is 582 g/mol. The minimum atomic E-state index is -1.61. The van der Waals surface area contributed by atoms with Crippen molar-refractivity contribution in [3.63, 3.8) is 0 Å². The van der Waals surface area contributed by atoms with Crippen LogP contribution in [0, 0.1) is 17.6 Å². The number of carbonyl (C=O) groups excluding carboxylic acids is 2. The molecule has 10 nitrogen and oxygen atoms in total. The van der Waals surface area contributed by atoms with Gasteiger partial charge in [0.15, 0.2) is 34.0 Å². The fraction of sp³-hybridized carbons (Fsp3) is 0.179. The number of hydrogen-bond donors (Lipinski definition) is 1. The highest BCUT2D eigenvalue weighted by Gasteiger charge is 2.47. The highest BCUT2D eigenvalue weighted by molar-refractivity contribution is 6.32. The maximum atomic E-state index is 15.1. The second-order valence-electron chi connectivity index (χ2n) is 9.00. The Morgan fingerprint density at radius 3 is 2.46 bits per heavy atom. The maximum Gasteiger partial charge on any atom is 0.257 e. The first-order chi connectivity index (χ1) is 19.6. The molecule has 1 N–H and O–H groups in total. The van der Waals surface area contributed by atoms with Gasteiger partial charge in [-0.3, -0.25) is 24.5 Å². The van der Waals surface area contributed by atoms with E-state index in [0.29, 0.717) is 22.5 Å². The summed E-state index contributed by atoms with van der Waals surface area (Å²) >= 11 is 6.42. The standard InChI is InChI=1S/C28H22ClF2N5O5/c1-28(29)23(27(38)36(14-33-28)17-7-4-15(30)5-8-17)25(37)34-16-6-9-20(18(31)12-16)41-21-10-11-32-19-13-22(39-2)26(40-3)35-24(19)21/h4-14,23H,1-3H3,(H,34,37). The summed E-state index contributed by atoms with van der Waals surface area (Å²) in [5.74, 6) is -3.65. The summed E-state index contributed by atoms with van der Waals surface area (Å²) in [5.41, 5.74) is 1.09. The Morgan fingerprint density at radius 1 is 1.02 bits per heavy atom. The van der Waals surface area contributed by atoms with Crippen molar-refractivity contribution in [2.75, 3.05) is 24.4 Å². The molecule has 0 bridgehead atoms. The van der Waals surface area contributed by atoms with Crippen molar-refractivity contribution in [2.24, 2.45) is 10.9 Å². The summed E-state index contributed by atoms with van der Waals surface area (Å²) in [6, 6.07) is 11.9. The summed E-state index contributed by atoms with van der Waals surface area (Å²) < 4.78 is 44.7. The molecule has 0 saturated carbocycles. The van der Waals surface area contributed by atoms with Gasteiger partial charge in [-0.05, 0) is 43.3 Å². The van der Waals surface area contributed by atoms with Crippen LogP contribution in [-0.4, -0.2) is 47.3 Å². The molecule has 2 aromatic heterocycles. The van der Waals surface area contributed by atoms with Crippen LogP contribution in [-0.2, 0) is 9.59 Å². The van der Waals surface area contributed by atoms with E-state index in [1.165, 1.54) is 76.1 Å². The number of nitrogens with one attached hydrogen (secondary N) is 1. The van der Waals surface area contributed by atoms with Crippen LogP contribution in [0.5, 0.6) is 23.1 Å². The summed E-state index contributed by atoms with van der Waals surface area (Å²) in [5, 5.41) is 2.51. The first-order valence-electron chi connectivity index (χ1n) is 12.1. The lowest BCUT2D eigenvalue weighted by Crippen LogP contribution is -2.53. The van der Waals surface area contributed by atoms with Gasteiger partial charge >= 0.3 is 0 Å². The van der Waals surface area contributed by atoms with E-state index in [0.717, 1.165) is 11.0 Å². The smallest absolute Gasteiger partial charge is 0.257 e. The molecular formula is C28H22ClF2N5O5. The number of aliphatic imine (C=N–C) groups is 1. The minimum Gasteiger partial charge on any atom is -0.491 e. The molecule has 13 heteroatoms. The van der Waals surface area contributed by atoms with Crippen molar-refractivity contribution in [1.29, 1.82) is 0 Å². The maximum absolute atomic E-state index is 15.1. The van der Waals surface area contributed by atoms with Crippen LogP contribution in [0.4, 0.5) is 20.2 Å². The van der Waals surface area contributed by atoms with Gasteiger partial charge in [0.05, 0.1) is 31.8 Å². The number of anilines is 2. The molecule has 5 rings (SSSR count). The Balaban J connectivity index is 1.36. The molecule has 0 spiro atoms. The molecule has 4 aromatic rings. The molecule has 0 fully saturated rings. The highest BCUT2D eigenvalue weighted by atomic mass is 35.5. The van der Waals surface area contributed by atoms with E-state index >= 15 is 4.39 Å². The third kappa shape index (κ3) is 5.46. The number of benzene rings is 2. The predicted molar refractivity (Wildman–Crippen MR) is 148 cm³/mol. The monoisotopic (exact) mass is 581 g/mol. The van der Waals surface area contributed by atoms with Gasteiger partial charge in [0.25, 0.3) is 5.88 Å². The van der Waals surface area contributed by atoms with Crippen LogP contribution >= 0.6 is 11.6 Å². The van der Waals surface area contributed by atoms with Crippen LogP contribution in [0.3, 0.4) is 0 Å². The Morgan fingerprint density at radius 2 is 1.78 bits per heavy atom. The number of nitrogens with zero attached hydrogens (tertiary/aromatic N) is 4. The van der Waals surface area contributed by atoms with Gasteiger partial charge in [-0.1, -0.05) is 11.6 Å². The molecule has 0 radical (unpaired) electrons. The van der Waals surface area contributed by atoms with Gasteiger partial charge in [0, 0.05) is 30.1 Å². The van der Waals surface area contributed by atoms with E-state index in [4.69, 9.17) is 25.8 Å². The number of halogens is 3. The Hall–Kier alpha value is -4.84. The number of aromatic nitrogens is 2. The molecule has 210 valence electrons. The van der Waals surface area contributed by atoms with Crippen LogP contribution in [0.15, 0.2) is 65.8 Å². The summed E-state index contributed by atoms with van der Waals surface area (Å²) in [4.78, 5) is 38.7. The number of methoxy groups -OCH3 is 2. The van der Waals surface area contributed by atoms with Gasteiger partial charge in [-0.25, -0.2) is 13.8 Å². The average Bonchev–Trinajstić information content (AvgIpc) is 2.94. The lowest BCUT2D eigenvalue weighted by molar-refractivity contribution is -0.131. The normalized spacial score (nSPS) is 18.3. The number of fused-ring (bicyclic) bond motifs is 1. The molecule has 3 heterocycles. The van der Waals surface area contributed by atoms with Crippen LogP contribution in [0.2, 0.25) is 0 Å². The number of ether oxygens (including phenoxy) is 3. The van der Waals surface area contributed by atoms with Crippen molar-refractivity contribution in [3.05, 3.63) is 72.4 Å². The number of hydrogen-bond acceptors (Lipinski definition) is 8. The van der Waals surface area contributed by atoms with Gasteiger partial charge in [0.2, 0.25) is 11.8 Å². The second-order valence-corrected chi connectivity index (χ2v) is 9.76. The second kappa shape index (κ2) is 11.0. The fourth-order valence-corrected chi connectivity index (χ4v) is 4.43. The van der Waals surface area contributed by atoms with Gasteiger partial charge < -0.3 is 19.5 Å². The number of rotatable bonds is 7. The zero-order chi connectivity index (χ0) is 29.3. The molecule has 0 aliphatic carbocycles. The van der Waals surface area contributed by atoms with E-state index in [-0.39, 0.29) is 23.1 Å². The topological polar surface area (TPSA) is 115 Å². The molecule has 41 heavy (non-hydrogen) atoms. The molecule has 0 saturated heterocycles. The van der Waals surface area contributed by atoms with Gasteiger partial charge in [0.1, 0.15) is 11.3 Å². The van der Waals surface area contributed by atoms with Crippen LogP contribution < -0.4 is 24.4 Å². The van der Waals surface area contributed by atoms with Crippen molar-refractivity contribution < 1.29 is 32.6 Å². The zero-order valence-corrected chi connectivity index (χ0v) is 22.6. The lowest BCUT2D eigenvalue weighted by atomic mass is 9.96. The molecule has 2 amide bonds. The van der Waals surface area contributed by atoms with E-state index in [9.17, 15) is 14.0 Å². The Kier molecular flexibility index (Phi) is 7.41. The van der Waals surface area contributed by atoms with Gasteiger partial charge in [-0.2, -0.15) is 0 Å². The van der Waals surface area contributed by atoms with Crippen LogP contribution in [0.1, 0.15) is 6.92 Å². The molecule has 1 aliphatic heterocycles. The zero-order valence-electron chi connectivity index (χ0n) is 21.9. The number of alkyl halides is 1. The number of carbonyl (C=O) groups is 2. The third-order valence-electron chi connectivity index (χ3n) is 6.24. The first-order valence-corrected chi connectivity index (χ1v) is 12.5. The van der Waals surface area contributed by atoms with E-state index in [1.54, 1.807) is 6.07 Å². The van der Waals surface area contributed by atoms with Crippen molar-refractivity contribution in [1.82, 2.24) is 9.97 Å². The minimum absolute atomic E-state index is 0.0483. The van der Waals surface area contributed by atoms with E-state index < -0.39 is 34.4 Å².